The van der Waals surface area contributed by atoms with E-state index in [0.717, 1.165) is 12.8 Å². The minimum atomic E-state index is -3.28. The SMILES string of the molecule is CC(CNC1CCCCC1)S(=O)(=O)c1ccc(Cl)cc1. The van der Waals surface area contributed by atoms with Crippen LogP contribution in [-0.4, -0.2) is 26.3 Å². The molecular weight excluding hydrogens is 294 g/mol. The van der Waals surface area contributed by atoms with Gasteiger partial charge in [0.1, 0.15) is 0 Å². The van der Waals surface area contributed by atoms with Crippen LogP contribution in [0.4, 0.5) is 0 Å². The van der Waals surface area contributed by atoms with Gasteiger partial charge in [0.05, 0.1) is 10.1 Å². The monoisotopic (exact) mass is 315 g/mol. The standard InChI is InChI=1S/C15H22ClNO2S/c1-12(11-17-14-5-3-2-4-6-14)20(18,19)15-9-7-13(16)8-10-15/h7-10,12,14,17H,2-6,11H2,1H3. The second kappa shape index (κ2) is 6.92. The predicted octanol–water partition coefficient (Wildman–Crippen LogP) is 3.42. The van der Waals surface area contributed by atoms with Crippen molar-refractivity contribution in [2.75, 3.05) is 6.54 Å². The van der Waals surface area contributed by atoms with Crippen molar-refractivity contribution in [2.24, 2.45) is 0 Å². The van der Waals surface area contributed by atoms with Crippen LogP contribution in [0.5, 0.6) is 0 Å². The Morgan fingerprint density at radius 2 is 1.80 bits per heavy atom. The first kappa shape index (κ1) is 15.8. The highest BCUT2D eigenvalue weighted by atomic mass is 35.5. The minimum absolute atomic E-state index is 0.347. The molecular formula is C15H22ClNO2S. The van der Waals surface area contributed by atoms with E-state index in [1.807, 2.05) is 0 Å². The molecule has 0 amide bonds. The first-order valence-corrected chi connectivity index (χ1v) is 9.15. The van der Waals surface area contributed by atoms with Crippen molar-refractivity contribution in [3.8, 4) is 0 Å². The van der Waals surface area contributed by atoms with E-state index in [9.17, 15) is 8.42 Å². The molecule has 0 bridgehead atoms. The quantitative estimate of drug-likeness (QED) is 0.905. The van der Waals surface area contributed by atoms with E-state index in [-0.39, 0.29) is 0 Å². The Balaban J connectivity index is 1.96. The zero-order chi connectivity index (χ0) is 14.6. The molecule has 5 heteroatoms. The van der Waals surface area contributed by atoms with Gasteiger partial charge in [-0.3, -0.25) is 0 Å². The van der Waals surface area contributed by atoms with Crippen molar-refractivity contribution in [1.29, 1.82) is 0 Å². The fourth-order valence-corrected chi connectivity index (χ4v) is 4.03. The molecule has 1 aromatic carbocycles. The fourth-order valence-electron chi connectivity index (χ4n) is 2.61. The first-order chi connectivity index (χ1) is 9.50. The Morgan fingerprint density at radius 1 is 1.20 bits per heavy atom. The third-order valence-electron chi connectivity index (χ3n) is 3.97. The van der Waals surface area contributed by atoms with Gasteiger partial charge < -0.3 is 5.32 Å². The molecule has 2 rings (SSSR count). The molecule has 1 fully saturated rings. The Labute approximate surface area is 126 Å². The van der Waals surface area contributed by atoms with Gasteiger partial charge in [-0.1, -0.05) is 30.9 Å². The lowest BCUT2D eigenvalue weighted by Crippen LogP contribution is -2.38. The zero-order valence-corrected chi connectivity index (χ0v) is 13.4. The average molecular weight is 316 g/mol. The lowest BCUT2D eigenvalue weighted by Gasteiger charge is -2.24. The summed E-state index contributed by atoms with van der Waals surface area (Å²) < 4.78 is 24.9. The molecule has 0 spiro atoms. The molecule has 1 N–H and O–H groups in total. The molecule has 0 aromatic heterocycles. The van der Waals surface area contributed by atoms with E-state index in [2.05, 4.69) is 5.32 Å². The molecule has 3 nitrogen and oxygen atoms in total. The van der Waals surface area contributed by atoms with Crippen molar-refractivity contribution in [1.82, 2.24) is 5.32 Å². The lowest BCUT2D eigenvalue weighted by atomic mass is 9.95. The van der Waals surface area contributed by atoms with Crippen LogP contribution in [0.15, 0.2) is 29.2 Å². The molecule has 0 heterocycles. The minimum Gasteiger partial charge on any atom is -0.313 e. The third-order valence-corrected chi connectivity index (χ3v) is 6.38. The first-order valence-electron chi connectivity index (χ1n) is 7.23. The Hall–Kier alpha value is -0.580. The Morgan fingerprint density at radius 3 is 2.40 bits per heavy atom. The maximum absolute atomic E-state index is 12.4. The number of hydrogen-bond acceptors (Lipinski definition) is 3. The largest absolute Gasteiger partial charge is 0.313 e. The average Bonchev–Trinajstić information content (AvgIpc) is 2.46. The summed E-state index contributed by atoms with van der Waals surface area (Å²) in [7, 11) is -3.28. The molecule has 20 heavy (non-hydrogen) atoms. The molecule has 1 atom stereocenters. The van der Waals surface area contributed by atoms with E-state index < -0.39 is 15.1 Å². The number of sulfone groups is 1. The summed E-state index contributed by atoms with van der Waals surface area (Å²) in [6, 6.07) is 6.88. The topological polar surface area (TPSA) is 46.2 Å². The van der Waals surface area contributed by atoms with E-state index in [0.29, 0.717) is 22.5 Å². The van der Waals surface area contributed by atoms with Crippen molar-refractivity contribution < 1.29 is 8.42 Å². The van der Waals surface area contributed by atoms with Crippen LogP contribution in [0.2, 0.25) is 5.02 Å². The number of halogens is 1. The van der Waals surface area contributed by atoms with Crippen LogP contribution in [-0.2, 0) is 9.84 Å². The molecule has 0 aliphatic heterocycles. The van der Waals surface area contributed by atoms with Crippen molar-refractivity contribution in [3.05, 3.63) is 29.3 Å². The predicted molar refractivity (Wildman–Crippen MR) is 83.0 cm³/mol. The molecule has 1 saturated carbocycles. The molecule has 1 aliphatic carbocycles. The van der Waals surface area contributed by atoms with E-state index in [4.69, 9.17) is 11.6 Å². The number of nitrogens with one attached hydrogen (secondary N) is 1. The lowest BCUT2D eigenvalue weighted by molar-refractivity contribution is 0.374. The van der Waals surface area contributed by atoms with Crippen molar-refractivity contribution in [3.63, 3.8) is 0 Å². The van der Waals surface area contributed by atoms with Gasteiger partial charge in [0.2, 0.25) is 0 Å². The maximum atomic E-state index is 12.4. The summed E-state index contributed by atoms with van der Waals surface area (Å²) in [4.78, 5) is 0.347. The molecule has 112 valence electrons. The summed E-state index contributed by atoms with van der Waals surface area (Å²) in [5.74, 6) is 0. The Kier molecular flexibility index (Phi) is 5.47. The molecule has 1 aliphatic rings. The summed E-state index contributed by atoms with van der Waals surface area (Å²) >= 11 is 5.80. The highest BCUT2D eigenvalue weighted by molar-refractivity contribution is 7.92. The summed E-state index contributed by atoms with van der Waals surface area (Å²) in [6.07, 6.45) is 6.12. The second-order valence-corrected chi connectivity index (χ2v) is 8.36. The van der Waals surface area contributed by atoms with Crippen LogP contribution in [0.3, 0.4) is 0 Å². The van der Waals surface area contributed by atoms with Gasteiger partial charge in [-0.2, -0.15) is 0 Å². The van der Waals surface area contributed by atoms with Crippen molar-refractivity contribution >= 4 is 21.4 Å². The van der Waals surface area contributed by atoms with Gasteiger partial charge in [0, 0.05) is 17.6 Å². The highest BCUT2D eigenvalue weighted by Gasteiger charge is 2.24. The summed E-state index contributed by atoms with van der Waals surface area (Å²) in [5, 5.41) is 3.53. The van der Waals surface area contributed by atoms with E-state index >= 15 is 0 Å². The van der Waals surface area contributed by atoms with E-state index in [1.54, 1.807) is 31.2 Å². The van der Waals surface area contributed by atoms with Crippen molar-refractivity contribution in [2.45, 2.75) is 55.2 Å². The maximum Gasteiger partial charge on any atom is 0.182 e. The van der Waals surface area contributed by atoms with Gasteiger partial charge in [-0.25, -0.2) is 8.42 Å². The van der Waals surface area contributed by atoms with Crippen LogP contribution >= 0.6 is 11.6 Å². The van der Waals surface area contributed by atoms with Crippen LogP contribution in [0.25, 0.3) is 0 Å². The molecule has 1 aromatic rings. The van der Waals surface area contributed by atoms with Crippen LogP contribution in [0.1, 0.15) is 39.0 Å². The number of rotatable bonds is 5. The molecule has 0 saturated heterocycles. The van der Waals surface area contributed by atoms with Gasteiger partial charge in [0.25, 0.3) is 0 Å². The van der Waals surface area contributed by atoms with Crippen LogP contribution < -0.4 is 5.32 Å². The number of hydrogen-bond donors (Lipinski definition) is 1. The Bertz CT molecular complexity index is 521. The molecule has 0 radical (unpaired) electrons. The molecule has 1 unspecified atom stereocenters. The van der Waals surface area contributed by atoms with Gasteiger partial charge >= 0.3 is 0 Å². The fraction of sp³-hybridized carbons (Fsp3) is 0.600. The number of benzene rings is 1. The summed E-state index contributed by atoms with van der Waals surface area (Å²) in [5.41, 5.74) is 0. The highest BCUT2D eigenvalue weighted by Crippen LogP contribution is 2.20. The third kappa shape index (κ3) is 3.96. The van der Waals surface area contributed by atoms with Gasteiger partial charge in [-0.05, 0) is 44.0 Å². The van der Waals surface area contributed by atoms with Gasteiger partial charge in [-0.15, -0.1) is 0 Å². The van der Waals surface area contributed by atoms with E-state index in [1.165, 1.54) is 19.3 Å². The smallest absolute Gasteiger partial charge is 0.182 e. The second-order valence-electron chi connectivity index (χ2n) is 5.55. The van der Waals surface area contributed by atoms with Gasteiger partial charge in [0.15, 0.2) is 9.84 Å². The van der Waals surface area contributed by atoms with Crippen LogP contribution in [0, 0.1) is 0 Å². The zero-order valence-electron chi connectivity index (χ0n) is 11.8. The normalized spacial score (nSPS) is 18.9. The summed E-state index contributed by atoms with van der Waals surface area (Å²) in [6.45, 7) is 2.27.